The second-order valence-electron chi connectivity index (χ2n) is 4.29. The van der Waals surface area contributed by atoms with E-state index in [9.17, 15) is 14.0 Å². The second-order valence-corrected chi connectivity index (χ2v) is 4.29. The fourth-order valence-electron chi connectivity index (χ4n) is 1.70. The van der Waals surface area contributed by atoms with Crippen molar-refractivity contribution >= 4 is 23.6 Å². The number of aryl methyl sites for hydroxylation is 1. The van der Waals surface area contributed by atoms with Crippen LogP contribution in [0.15, 0.2) is 41.0 Å². The molecule has 0 aliphatic heterocycles. The molecule has 5 nitrogen and oxygen atoms in total. The topological polar surface area (TPSA) is 79.5 Å². The lowest BCUT2D eigenvalue weighted by molar-refractivity contribution is -0.131. The lowest BCUT2D eigenvalue weighted by Gasteiger charge is -2.06. The molecule has 0 atom stereocenters. The molecule has 0 saturated heterocycles. The number of benzene rings is 1. The summed E-state index contributed by atoms with van der Waals surface area (Å²) in [5, 5.41) is 11.1. The fourth-order valence-corrected chi connectivity index (χ4v) is 1.70. The number of furan rings is 1. The highest BCUT2D eigenvalue weighted by Crippen LogP contribution is 2.18. The Bertz CT molecular complexity index is 718. The van der Waals surface area contributed by atoms with Gasteiger partial charge in [0.25, 0.3) is 5.91 Å². The molecule has 0 unspecified atom stereocenters. The summed E-state index contributed by atoms with van der Waals surface area (Å²) in [6, 6.07) is 5.52. The quantitative estimate of drug-likeness (QED) is 0.848. The number of hydrogen-bond donors (Lipinski definition) is 2. The van der Waals surface area contributed by atoms with E-state index in [0.717, 1.165) is 18.2 Å². The Labute approximate surface area is 119 Å². The molecule has 2 aromatic rings. The normalized spacial score (nSPS) is 10.8. The van der Waals surface area contributed by atoms with Crippen LogP contribution in [0.3, 0.4) is 0 Å². The van der Waals surface area contributed by atoms with Crippen molar-refractivity contribution in [1.82, 2.24) is 0 Å². The van der Waals surface area contributed by atoms with E-state index in [2.05, 4.69) is 5.32 Å². The van der Waals surface area contributed by atoms with E-state index < -0.39 is 17.7 Å². The van der Waals surface area contributed by atoms with Crippen LogP contribution in [-0.2, 0) is 4.79 Å². The maximum absolute atomic E-state index is 13.5. The molecule has 1 aromatic heterocycles. The van der Waals surface area contributed by atoms with Gasteiger partial charge in [-0.2, -0.15) is 0 Å². The van der Waals surface area contributed by atoms with Gasteiger partial charge >= 0.3 is 5.97 Å². The van der Waals surface area contributed by atoms with Gasteiger partial charge in [0.1, 0.15) is 5.82 Å². The van der Waals surface area contributed by atoms with Crippen LogP contribution in [0.5, 0.6) is 0 Å². The molecule has 1 amide bonds. The first-order valence-electron chi connectivity index (χ1n) is 6.03. The van der Waals surface area contributed by atoms with Crippen molar-refractivity contribution in [3.63, 3.8) is 0 Å². The van der Waals surface area contributed by atoms with Gasteiger partial charge in [0.2, 0.25) is 0 Å². The van der Waals surface area contributed by atoms with E-state index >= 15 is 0 Å². The Hall–Kier alpha value is -2.89. The molecule has 0 bridgehead atoms. The largest absolute Gasteiger partial charge is 0.478 e. The number of carboxylic acids is 1. The SMILES string of the molecule is Cc1ccoc1C(=O)Nc1ccc(F)c(/C=C/C(=O)O)c1. The highest BCUT2D eigenvalue weighted by molar-refractivity contribution is 6.03. The summed E-state index contributed by atoms with van der Waals surface area (Å²) in [5.74, 6) is -2.06. The number of rotatable bonds is 4. The minimum atomic E-state index is -1.19. The third-order valence-electron chi connectivity index (χ3n) is 2.73. The number of aliphatic carboxylic acids is 1. The zero-order valence-electron chi connectivity index (χ0n) is 11.1. The predicted molar refractivity (Wildman–Crippen MR) is 74.5 cm³/mol. The molecule has 2 N–H and O–H groups in total. The van der Waals surface area contributed by atoms with E-state index in [1.807, 2.05) is 0 Å². The first kappa shape index (κ1) is 14.5. The summed E-state index contributed by atoms with van der Waals surface area (Å²) in [5.41, 5.74) is 1.08. The lowest BCUT2D eigenvalue weighted by Crippen LogP contribution is -2.12. The standard InChI is InChI=1S/C15H12FNO4/c1-9-6-7-21-14(9)15(20)17-11-3-4-12(16)10(8-11)2-5-13(18)19/h2-8H,1H3,(H,17,20)(H,18,19)/b5-2+. The lowest BCUT2D eigenvalue weighted by atomic mass is 10.1. The number of anilines is 1. The fraction of sp³-hybridized carbons (Fsp3) is 0.0667. The predicted octanol–water partition coefficient (Wildman–Crippen LogP) is 3.08. The van der Waals surface area contributed by atoms with Gasteiger partial charge in [-0.3, -0.25) is 4.79 Å². The molecule has 0 spiro atoms. The number of carbonyl (C=O) groups is 2. The van der Waals surface area contributed by atoms with Crippen LogP contribution in [0, 0.1) is 12.7 Å². The average Bonchev–Trinajstić information content (AvgIpc) is 2.85. The van der Waals surface area contributed by atoms with Crippen molar-refractivity contribution in [2.45, 2.75) is 6.92 Å². The summed E-state index contributed by atoms with van der Waals surface area (Å²) < 4.78 is 18.6. The van der Waals surface area contributed by atoms with Gasteiger partial charge in [-0.15, -0.1) is 0 Å². The van der Waals surface area contributed by atoms with Gasteiger partial charge in [-0.1, -0.05) is 0 Å². The number of nitrogens with one attached hydrogen (secondary N) is 1. The molecule has 0 saturated carbocycles. The molecule has 0 fully saturated rings. The van der Waals surface area contributed by atoms with Crippen molar-refractivity contribution in [1.29, 1.82) is 0 Å². The summed E-state index contributed by atoms with van der Waals surface area (Å²) in [6.07, 6.45) is 3.34. The first-order chi connectivity index (χ1) is 9.97. The van der Waals surface area contributed by atoms with Crippen LogP contribution in [0.2, 0.25) is 0 Å². The molecule has 2 rings (SSSR count). The van der Waals surface area contributed by atoms with Crippen molar-refractivity contribution < 1.29 is 23.5 Å². The minimum Gasteiger partial charge on any atom is -0.478 e. The van der Waals surface area contributed by atoms with Crippen molar-refractivity contribution in [2.24, 2.45) is 0 Å². The van der Waals surface area contributed by atoms with Crippen molar-refractivity contribution in [2.75, 3.05) is 5.32 Å². The van der Waals surface area contributed by atoms with Crippen molar-refractivity contribution in [3.8, 4) is 0 Å². The Kier molecular flexibility index (Phi) is 4.18. The summed E-state index contributed by atoms with van der Waals surface area (Å²) in [7, 11) is 0. The second kappa shape index (κ2) is 6.04. The number of hydrogen-bond acceptors (Lipinski definition) is 3. The average molecular weight is 289 g/mol. The zero-order valence-corrected chi connectivity index (χ0v) is 11.1. The van der Waals surface area contributed by atoms with Crippen LogP contribution in [0.4, 0.5) is 10.1 Å². The Balaban J connectivity index is 2.21. The molecule has 6 heteroatoms. The Morgan fingerprint density at radius 2 is 2.10 bits per heavy atom. The van der Waals surface area contributed by atoms with Crippen molar-refractivity contribution in [3.05, 3.63) is 59.3 Å². The van der Waals surface area contributed by atoms with Gasteiger partial charge in [-0.05, 0) is 37.3 Å². The van der Waals surface area contributed by atoms with Gasteiger partial charge in [0, 0.05) is 22.9 Å². The number of carboxylic acid groups (broad SMARTS) is 1. The van der Waals surface area contributed by atoms with Crippen LogP contribution in [0.25, 0.3) is 6.08 Å². The smallest absolute Gasteiger partial charge is 0.328 e. The Morgan fingerprint density at radius 3 is 2.71 bits per heavy atom. The van der Waals surface area contributed by atoms with E-state index in [0.29, 0.717) is 11.3 Å². The van der Waals surface area contributed by atoms with Gasteiger partial charge in [0.05, 0.1) is 6.26 Å². The number of carbonyl (C=O) groups excluding carboxylic acids is 1. The molecular weight excluding hydrogens is 277 g/mol. The van der Waals surface area contributed by atoms with E-state index in [4.69, 9.17) is 9.52 Å². The van der Waals surface area contributed by atoms with Crippen LogP contribution in [-0.4, -0.2) is 17.0 Å². The summed E-state index contributed by atoms with van der Waals surface area (Å²) >= 11 is 0. The maximum atomic E-state index is 13.5. The van der Waals surface area contributed by atoms with E-state index in [1.54, 1.807) is 13.0 Å². The molecular formula is C15H12FNO4. The highest BCUT2D eigenvalue weighted by atomic mass is 19.1. The van der Waals surface area contributed by atoms with Crippen LogP contribution >= 0.6 is 0 Å². The molecule has 108 valence electrons. The highest BCUT2D eigenvalue weighted by Gasteiger charge is 2.13. The Morgan fingerprint density at radius 1 is 1.33 bits per heavy atom. The molecule has 1 aromatic carbocycles. The number of halogens is 1. The molecule has 0 radical (unpaired) electrons. The van der Waals surface area contributed by atoms with Crippen LogP contribution < -0.4 is 5.32 Å². The van der Waals surface area contributed by atoms with Crippen LogP contribution in [0.1, 0.15) is 21.7 Å². The monoisotopic (exact) mass is 289 g/mol. The summed E-state index contributed by atoms with van der Waals surface area (Å²) in [6.45, 7) is 1.73. The minimum absolute atomic E-state index is 0.0615. The zero-order chi connectivity index (χ0) is 15.4. The third-order valence-corrected chi connectivity index (χ3v) is 2.73. The van der Waals surface area contributed by atoms with Gasteiger partial charge in [-0.25, -0.2) is 9.18 Å². The van der Waals surface area contributed by atoms with Gasteiger partial charge < -0.3 is 14.8 Å². The maximum Gasteiger partial charge on any atom is 0.328 e. The number of amides is 1. The molecule has 21 heavy (non-hydrogen) atoms. The first-order valence-corrected chi connectivity index (χ1v) is 6.03. The van der Waals surface area contributed by atoms with E-state index in [-0.39, 0.29) is 11.3 Å². The van der Waals surface area contributed by atoms with Gasteiger partial charge in [0.15, 0.2) is 5.76 Å². The molecule has 0 aliphatic carbocycles. The third kappa shape index (κ3) is 3.56. The van der Waals surface area contributed by atoms with E-state index in [1.165, 1.54) is 18.4 Å². The summed E-state index contributed by atoms with van der Waals surface area (Å²) in [4.78, 5) is 22.4. The molecule has 1 heterocycles. The molecule has 0 aliphatic rings.